The van der Waals surface area contributed by atoms with Gasteiger partial charge in [0, 0.05) is 6.04 Å². The molecule has 0 bridgehead atoms. The summed E-state index contributed by atoms with van der Waals surface area (Å²) in [5.74, 6) is -1.02. The number of benzene rings is 1. The molecule has 1 aromatic carbocycles. The summed E-state index contributed by atoms with van der Waals surface area (Å²) in [6, 6.07) is 3.97. The molecule has 0 saturated carbocycles. The van der Waals surface area contributed by atoms with Crippen molar-refractivity contribution >= 4 is 5.97 Å². The highest BCUT2D eigenvalue weighted by Gasteiger charge is 2.36. The van der Waals surface area contributed by atoms with Gasteiger partial charge in [0.25, 0.3) is 0 Å². The zero-order valence-electron chi connectivity index (χ0n) is 10.1. The Morgan fingerprint density at radius 1 is 1.26 bits per heavy atom. The fourth-order valence-electron chi connectivity index (χ4n) is 2.43. The molecule has 2 unspecified atom stereocenters. The average molecular weight is 273 g/mol. The molecule has 6 heteroatoms. The smallest absolute Gasteiger partial charge is 0.416 e. The van der Waals surface area contributed by atoms with Crippen molar-refractivity contribution < 1.29 is 23.1 Å². The molecule has 1 aliphatic rings. The molecular formula is C13H14F3NO2. The maximum Gasteiger partial charge on any atom is 0.416 e. The number of rotatable bonds is 2. The van der Waals surface area contributed by atoms with E-state index in [4.69, 9.17) is 5.11 Å². The number of carboxylic acids is 1. The number of carboxylic acid groups (broad SMARTS) is 1. The number of halogens is 3. The Hall–Kier alpha value is -1.56. The van der Waals surface area contributed by atoms with Crippen LogP contribution in [0.25, 0.3) is 0 Å². The summed E-state index contributed by atoms with van der Waals surface area (Å²) in [7, 11) is 0. The van der Waals surface area contributed by atoms with E-state index in [1.165, 1.54) is 18.2 Å². The topological polar surface area (TPSA) is 49.3 Å². The molecule has 2 rings (SSSR count). The summed E-state index contributed by atoms with van der Waals surface area (Å²) >= 11 is 0. The first kappa shape index (κ1) is 13.9. The molecule has 1 fully saturated rings. The van der Waals surface area contributed by atoms with Gasteiger partial charge < -0.3 is 5.11 Å². The van der Waals surface area contributed by atoms with E-state index in [1.807, 2.05) is 0 Å². The van der Waals surface area contributed by atoms with Crippen molar-refractivity contribution in [2.24, 2.45) is 0 Å². The van der Waals surface area contributed by atoms with Gasteiger partial charge in [0.15, 0.2) is 0 Å². The first-order valence-corrected chi connectivity index (χ1v) is 6.04. The summed E-state index contributed by atoms with van der Waals surface area (Å²) in [6.45, 7) is 0. The van der Waals surface area contributed by atoms with E-state index in [-0.39, 0.29) is 5.56 Å². The molecule has 1 aromatic rings. The predicted octanol–water partition coefficient (Wildman–Crippen LogP) is 2.97. The van der Waals surface area contributed by atoms with Gasteiger partial charge in [-0.3, -0.25) is 10.1 Å². The van der Waals surface area contributed by atoms with Crippen molar-refractivity contribution in [1.82, 2.24) is 5.32 Å². The Bertz CT molecular complexity index is 473. The number of hydrogen-bond acceptors (Lipinski definition) is 2. The average Bonchev–Trinajstić information content (AvgIpc) is 2.38. The van der Waals surface area contributed by atoms with Gasteiger partial charge in [-0.2, -0.15) is 13.2 Å². The molecular weight excluding hydrogens is 259 g/mol. The SMILES string of the molecule is O=C(O)C1CCCC(c2ccccc2C(F)(F)F)N1. The third kappa shape index (κ3) is 3.07. The van der Waals surface area contributed by atoms with Gasteiger partial charge in [0.2, 0.25) is 0 Å². The van der Waals surface area contributed by atoms with Gasteiger partial charge in [-0.05, 0) is 30.9 Å². The Morgan fingerprint density at radius 2 is 1.95 bits per heavy atom. The van der Waals surface area contributed by atoms with Crippen LogP contribution in [0.2, 0.25) is 0 Å². The second-order valence-corrected chi connectivity index (χ2v) is 4.63. The molecule has 2 N–H and O–H groups in total. The quantitative estimate of drug-likeness (QED) is 0.871. The van der Waals surface area contributed by atoms with Crippen LogP contribution in [0.3, 0.4) is 0 Å². The second-order valence-electron chi connectivity index (χ2n) is 4.63. The van der Waals surface area contributed by atoms with Crippen molar-refractivity contribution in [2.75, 3.05) is 0 Å². The van der Waals surface area contributed by atoms with E-state index < -0.39 is 29.8 Å². The fraction of sp³-hybridized carbons (Fsp3) is 0.462. The Kier molecular flexibility index (Phi) is 3.80. The molecule has 3 nitrogen and oxygen atoms in total. The van der Waals surface area contributed by atoms with Crippen molar-refractivity contribution in [3.05, 3.63) is 35.4 Å². The highest BCUT2D eigenvalue weighted by molar-refractivity contribution is 5.73. The third-order valence-electron chi connectivity index (χ3n) is 3.33. The number of piperidine rings is 1. The monoisotopic (exact) mass is 273 g/mol. The van der Waals surface area contributed by atoms with Gasteiger partial charge in [0.1, 0.15) is 6.04 Å². The fourth-order valence-corrected chi connectivity index (χ4v) is 2.43. The maximum absolute atomic E-state index is 12.9. The number of aliphatic carboxylic acids is 1. The molecule has 2 atom stereocenters. The van der Waals surface area contributed by atoms with Gasteiger partial charge >= 0.3 is 12.1 Å². The first-order chi connectivity index (χ1) is 8.89. The van der Waals surface area contributed by atoms with Crippen LogP contribution in [-0.4, -0.2) is 17.1 Å². The van der Waals surface area contributed by atoms with Crippen molar-refractivity contribution in [2.45, 2.75) is 37.5 Å². The zero-order chi connectivity index (χ0) is 14.0. The predicted molar refractivity (Wildman–Crippen MR) is 62.6 cm³/mol. The van der Waals surface area contributed by atoms with Crippen LogP contribution >= 0.6 is 0 Å². The van der Waals surface area contributed by atoms with E-state index in [0.29, 0.717) is 19.3 Å². The zero-order valence-corrected chi connectivity index (χ0v) is 10.1. The van der Waals surface area contributed by atoms with E-state index in [1.54, 1.807) is 0 Å². The normalized spacial score (nSPS) is 24.2. The second kappa shape index (κ2) is 5.21. The summed E-state index contributed by atoms with van der Waals surface area (Å²) in [4.78, 5) is 10.9. The highest BCUT2D eigenvalue weighted by atomic mass is 19.4. The van der Waals surface area contributed by atoms with E-state index in [9.17, 15) is 18.0 Å². The Balaban J connectivity index is 2.29. The summed E-state index contributed by atoms with van der Waals surface area (Å²) in [6.07, 6.45) is -2.87. The lowest BCUT2D eigenvalue weighted by molar-refractivity contribution is -0.140. The van der Waals surface area contributed by atoms with Crippen LogP contribution in [0.5, 0.6) is 0 Å². The molecule has 0 amide bonds. The Labute approximate surface area is 108 Å². The molecule has 1 saturated heterocycles. The van der Waals surface area contributed by atoms with Crippen LogP contribution in [0.15, 0.2) is 24.3 Å². The van der Waals surface area contributed by atoms with Gasteiger partial charge in [-0.15, -0.1) is 0 Å². The molecule has 0 aliphatic carbocycles. The van der Waals surface area contributed by atoms with Gasteiger partial charge in [-0.25, -0.2) is 0 Å². The molecule has 104 valence electrons. The minimum Gasteiger partial charge on any atom is -0.480 e. The number of hydrogen-bond donors (Lipinski definition) is 2. The third-order valence-corrected chi connectivity index (χ3v) is 3.33. The molecule has 0 radical (unpaired) electrons. The lowest BCUT2D eigenvalue weighted by Gasteiger charge is -2.30. The highest BCUT2D eigenvalue weighted by Crippen LogP contribution is 2.37. The number of nitrogens with one attached hydrogen (secondary N) is 1. The minimum absolute atomic E-state index is 0.126. The molecule has 0 spiro atoms. The van der Waals surface area contributed by atoms with Crippen LogP contribution in [0, 0.1) is 0 Å². The summed E-state index contributed by atoms with van der Waals surface area (Å²) < 4.78 is 38.7. The van der Waals surface area contributed by atoms with Gasteiger partial charge in [0.05, 0.1) is 5.56 Å². The minimum atomic E-state index is -4.42. The van der Waals surface area contributed by atoms with Crippen LogP contribution in [-0.2, 0) is 11.0 Å². The molecule has 1 heterocycles. The van der Waals surface area contributed by atoms with E-state index in [0.717, 1.165) is 6.07 Å². The summed E-state index contributed by atoms with van der Waals surface area (Å²) in [5, 5.41) is 11.7. The molecule has 1 aliphatic heterocycles. The lowest BCUT2D eigenvalue weighted by Crippen LogP contribution is -2.42. The van der Waals surface area contributed by atoms with Crippen molar-refractivity contribution in [1.29, 1.82) is 0 Å². The van der Waals surface area contributed by atoms with E-state index in [2.05, 4.69) is 5.32 Å². The van der Waals surface area contributed by atoms with Crippen LogP contribution in [0.4, 0.5) is 13.2 Å². The molecule has 0 aromatic heterocycles. The van der Waals surface area contributed by atoms with Crippen LogP contribution < -0.4 is 5.32 Å². The maximum atomic E-state index is 12.9. The Morgan fingerprint density at radius 3 is 2.58 bits per heavy atom. The first-order valence-electron chi connectivity index (χ1n) is 6.04. The number of carbonyl (C=O) groups is 1. The largest absolute Gasteiger partial charge is 0.480 e. The summed E-state index contributed by atoms with van der Waals surface area (Å²) in [5.41, 5.74) is -0.570. The molecule has 19 heavy (non-hydrogen) atoms. The van der Waals surface area contributed by atoms with Gasteiger partial charge in [-0.1, -0.05) is 18.2 Å². The van der Waals surface area contributed by atoms with E-state index >= 15 is 0 Å². The number of alkyl halides is 3. The van der Waals surface area contributed by atoms with Crippen LogP contribution in [0.1, 0.15) is 36.4 Å². The van der Waals surface area contributed by atoms with Crippen molar-refractivity contribution in [3.8, 4) is 0 Å². The lowest BCUT2D eigenvalue weighted by atomic mass is 9.90. The standard InChI is InChI=1S/C13H14F3NO2/c14-13(15,16)9-5-2-1-4-8(9)10-6-3-7-11(17-10)12(18)19/h1-2,4-5,10-11,17H,3,6-7H2,(H,18,19). The van der Waals surface area contributed by atoms with Crippen molar-refractivity contribution in [3.63, 3.8) is 0 Å².